The maximum absolute atomic E-state index is 11.7. The highest BCUT2D eigenvalue weighted by Gasteiger charge is 2.18. The fraction of sp³-hybridized carbons (Fsp3) is 0.200. The highest BCUT2D eigenvalue weighted by Crippen LogP contribution is 2.28. The molecule has 120 valence electrons. The largest absolute Gasteiger partial charge is 0.462 e. The van der Waals surface area contributed by atoms with Crippen molar-refractivity contribution in [1.29, 1.82) is 5.26 Å². The van der Waals surface area contributed by atoms with Gasteiger partial charge in [0.15, 0.2) is 0 Å². The summed E-state index contributed by atoms with van der Waals surface area (Å²) in [5, 5.41) is 9.08. The van der Waals surface area contributed by atoms with Gasteiger partial charge in [-0.1, -0.05) is 36.4 Å². The van der Waals surface area contributed by atoms with Crippen LogP contribution in [0.25, 0.3) is 6.08 Å². The normalized spacial score (nSPS) is 13.3. The van der Waals surface area contributed by atoms with Crippen LogP contribution < -0.4 is 4.90 Å². The predicted octanol–water partition coefficient (Wildman–Crippen LogP) is 3.68. The zero-order chi connectivity index (χ0) is 16.9. The molecular weight excluding hydrogens is 300 g/mol. The summed E-state index contributed by atoms with van der Waals surface area (Å²) in [6.07, 6.45) is 1.56. The third kappa shape index (κ3) is 3.31. The van der Waals surface area contributed by atoms with Crippen molar-refractivity contribution in [3.05, 3.63) is 70.8 Å². The summed E-state index contributed by atoms with van der Waals surface area (Å²) in [6, 6.07) is 18.2. The Labute approximate surface area is 141 Å². The second kappa shape index (κ2) is 7.01. The smallest absolute Gasteiger partial charge is 0.348 e. The van der Waals surface area contributed by atoms with Crippen LogP contribution in [-0.4, -0.2) is 12.6 Å². The van der Waals surface area contributed by atoms with Gasteiger partial charge < -0.3 is 9.64 Å². The molecule has 0 aliphatic carbocycles. The average molecular weight is 318 g/mol. The Balaban J connectivity index is 1.75. The van der Waals surface area contributed by atoms with Gasteiger partial charge in [0, 0.05) is 18.8 Å². The Morgan fingerprint density at radius 1 is 1.17 bits per heavy atom. The molecule has 0 unspecified atom stereocenters. The molecule has 1 aliphatic heterocycles. The summed E-state index contributed by atoms with van der Waals surface area (Å²) in [4.78, 5) is 14.0. The number of ether oxygens (including phenoxy) is 1. The monoisotopic (exact) mass is 318 g/mol. The van der Waals surface area contributed by atoms with E-state index in [0.29, 0.717) is 0 Å². The number of hydrogen-bond acceptors (Lipinski definition) is 4. The topological polar surface area (TPSA) is 53.3 Å². The number of fused-ring (bicyclic) bond motifs is 1. The van der Waals surface area contributed by atoms with E-state index >= 15 is 0 Å². The molecule has 0 spiro atoms. The number of carbonyl (C=O) groups is 1. The molecule has 2 aromatic rings. The van der Waals surface area contributed by atoms with Crippen molar-refractivity contribution in [2.45, 2.75) is 20.0 Å². The highest BCUT2D eigenvalue weighted by molar-refractivity contribution is 5.97. The Bertz CT molecular complexity index is 791. The predicted molar refractivity (Wildman–Crippen MR) is 93.0 cm³/mol. The van der Waals surface area contributed by atoms with Crippen LogP contribution in [0.5, 0.6) is 0 Å². The summed E-state index contributed by atoms with van der Waals surface area (Å²) < 4.78 is 4.87. The van der Waals surface area contributed by atoms with Gasteiger partial charge in [0.1, 0.15) is 11.6 Å². The Morgan fingerprint density at radius 2 is 1.79 bits per heavy atom. The van der Waals surface area contributed by atoms with Crippen LogP contribution >= 0.6 is 0 Å². The van der Waals surface area contributed by atoms with E-state index in [1.807, 2.05) is 30.3 Å². The minimum absolute atomic E-state index is 0.0122. The lowest BCUT2D eigenvalue weighted by Crippen LogP contribution is -2.14. The van der Waals surface area contributed by atoms with Gasteiger partial charge in [-0.05, 0) is 41.8 Å². The van der Waals surface area contributed by atoms with E-state index < -0.39 is 5.97 Å². The van der Waals surface area contributed by atoms with Gasteiger partial charge in [0.05, 0.1) is 6.61 Å². The number of hydrogen-bond donors (Lipinski definition) is 0. The molecule has 24 heavy (non-hydrogen) atoms. The Morgan fingerprint density at radius 3 is 2.33 bits per heavy atom. The molecule has 0 amide bonds. The molecule has 1 heterocycles. The molecule has 3 rings (SSSR count). The molecule has 1 aliphatic rings. The number of rotatable bonds is 4. The van der Waals surface area contributed by atoms with Crippen molar-refractivity contribution in [3.63, 3.8) is 0 Å². The number of esters is 1. The van der Waals surface area contributed by atoms with E-state index in [-0.39, 0.29) is 12.2 Å². The first kappa shape index (κ1) is 15.8. The fourth-order valence-electron chi connectivity index (χ4n) is 2.81. The van der Waals surface area contributed by atoms with Crippen LogP contribution in [0.1, 0.15) is 23.6 Å². The van der Waals surface area contributed by atoms with E-state index in [2.05, 4.69) is 29.2 Å². The molecule has 0 fully saturated rings. The lowest BCUT2D eigenvalue weighted by atomic mass is 10.1. The maximum atomic E-state index is 11.7. The molecule has 0 saturated heterocycles. The second-order valence-electron chi connectivity index (χ2n) is 5.61. The number of benzene rings is 2. The summed E-state index contributed by atoms with van der Waals surface area (Å²) >= 11 is 0. The third-order valence-corrected chi connectivity index (χ3v) is 4.03. The molecule has 2 aromatic carbocycles. The lowest BCUT2D eigenvalue weighted by Gasteiger charge is -2.17. The van der Waals surface area contributed by atoms with Gasteiger partial charge in [0.2, 0.25) is 0 Å². The third-order valence-electron chi connectivity index (χ3n) is 4.03. The van der Waals surface area contributed by atoms with Gasteiger partial charge in [0.25, 0.3) is 0 Å². The SMILES string of the molecule is CCOC(=O)/C(C#N)=C\c1ccc(N2Cc3ccccc3C2)cc1. The van der Waals surface area contributed by atoms with Crippen LogP contribution in [0.3, 0.4) is 0 Å². The summed E-state index contributed by atoms with van der Waals surface area (Å²) in [5.74, 6) is -0.584. The van der Waals surface area contributed by atoms with Gasteiger partial charge in [-0.15, -0.1) is 0 Å². The number of anilines is 1. The van der Waals surface area contributed by atoms with Crippen LogP contribution in [0.15, 0.2) is 54.1 Å². The van der Waals surface area contributed by atoms with Crippen molar-refractivity contribution < 1.29 is 9.53 Å². The van der Waals surface area contributed by atoms with E-state index in [9.17, 15) is 4.79 Å². The summed E-state index contributed by atoms with van der Waals surface area (Å²) in [6.45, 7) is 3.78. The zero-order valence-electron chi connectivity index (χ0n) is 13.5. The van der Waals surface area contributed by atoms with E-state index in [1.165, 1.54) is 11.1 Å². The standard InChI is InChI=1S/C20H18N2O2/c1-2-24-20(23)18(12-21)11-15-7-9-19(10-8-15)22-13-16-5-3-4-6-17(16)14-22/h3-11H,2,13-14H2,1H3/b18-11-. The van der Waals surface area contributed by atoms with Crippen LogP contribution in [-0.2, 0) is 22.6 Å². The van der Waals surface area contributed by atoms with Crippen molar-refractivity contribution in [2.75, 3.05) is 11.5 Å². The molecule has 0 aromatic heterocycles. The minimum atomic E-state index is -0.584. The van der Waals surface area contributed by atoms with Gasteiger partial charge in [-0.3, -0.25) is 0 Å². The van der Waals surface area contributed by atoms with Crippen molar-refractivity contribution in [3.8, 4) is 6.07 Å². The molecule has 0 bridgehead atoms. The minimum Gasteiger partial charge on any atom is -0.462 e. The van der Waals surface area contributed by atoms with Crippen molar-refractivity contribution in [1.82, 2.24) is 0 Å². The zero-order valence-corrected chi connectivity index (χ0v) is 13.5. The number of carbonyl (C=O) groups excluding carboxylic acids is 1. The average Bonchev–Trinajstić information content (AvgIpc) is 3.04. The van der Waals surface area contributed by atoms with Crippen LogP contribution in [0.4, 0.5) is 5.69 Å². The summed E-state index contributed by atoms with van der Waals surface area (Å²) in [5.41, 5.74) is 4.65. The first-order valence-corrected chi connectivity index (χ1v) is 7.92. The molecule has 4 heteroatoms. The fourth-order valence-corrected chi connectivity index (χ4v) is 2.81. The molecule has 0 saturated carbocycles. The highest BCUT2D eigenvalue weighted by atomic mass is 16.5. The molecule has 0 radical (unpaired) electrons. The summed E-state index contributed by atoms with van der Waals surface area (Å²) in [7, 11) is 0. The quantitative estimate of drug-likeness (QED) is 0.490. The number of nitriles is 1. The molecule has 0 N–H and O–H groups in total. The van der Waals surface area contributed by atoms with E-state index in [0.717, 1.165) is 24.3 Å². The van der Waals surface area contributed by atoms with Crippen molar-refractivity contribution in [2.24, 2.45) is 0 Å². The van der Waals surface area contributed by atoms with Crippen LogP contribution in [0.2, 0.25) is 0 Å². The maximum Gasteiger partial charge on any atom is 0.348 e. The molecular formula is C20H18N2O2. The van der Waals surface area contributed by atoms with Gasteiger partial charge in [-0.2, -0.15) is 5.26 Å². The Kier molecular flexibility index (Phi) is 4.62. The Hall–Kier alpha value is -3.06. The van der Waals surface area contributed by atoms with Crippen molar-refractivity contribution >= 4 is 17.7 Å². The second-order valence-corrected chi connectivity index (χ2v) is 5.61. The van der Waals surface area contributed by atoms with Gasteiger partial charge >= 0.3 is 5.97 Å². The first-order valence-electron chi connectivity index (χ1n) is 7.92. The van der Waals surface area contributed by atoms with E-state index in [4.69, 9.17) is 10.00 Å². The van der Waals surface area contributed by atoms with Crippen LogP contribution in [0, 0.1) is 11.3 Å². The first-order chi connectivity index (χ1) is 11.7. The molecule has 4 nitrogen and oxygen atoms in total. The van der Waals surface area contributed by atoms with E-state index in [1.54, 1.807) is 13.0 Å². The molecule has 0 atom stereocenters. The number of nitrogens with zero attached hydrogens (tertiary/aromatic N) is 2. The lowest BCUT2D eigenvalue weighted by molar-refractivity contribution is -0.137. The van der Waals surface area contributed by atoms with Gasteiger partial charge in [-0.25, -0.2) is 4.79 Å².